The minimum absolute atomic E-state index is 0.00705. The molecule has 0 bridgehead atoms. The van der Waals surface area contributed by atoms with Crippen molar-refractivity contribution in [3.05, 3.63) is 30.2 Å². The van der Waals surface area contributed by atoms with Gasteiger partial charge in [-0.1, -0.05) is 17.3 Å². The number of methoxy groups -OCH3 is 1. The van der Waals surface area contributed by atoms with Crippen molar-refractivity contribution in [2.24, 2.45) is 0 Å². The first-order valence-electron chi connectivity index (χ1n) is 8.09. The van der Waals surface area contributed by atoms with E-state index in [2.05, 4.69) is 15.5 Å². The second kappa shape index (κ2) is 7.57. The molecule has 0 amide bonds. The molecule has 6 nitrogen and oxygen atoms in total. The highest BCUT2D eigenvalue weighted by Gasteiger charge is 2.18. The molecule has 124 valence electrons. The quantitative estimate of drug-likeness (QED) is 0.883. The predicted octanol–water partition coefficient (Wildman–Crippen LogP) is 2.96. The third-order valence-corrected chi connectivity index (χ3v) is 4.07. The van der Waals surface area contributed by atoms with Crippen molar-refractivity contribution in [3.63, 3.8) is 0 Å². The summed E-state index contributed by atoms with van der Waals surface area (Å²) in [5.74, 6) is 1.93. The number of ether oxygens (including phenoxy) is 2. The molecular formula is C17H23N3O3. The van der Waals surface area contributed by atoms with Crippen LogP contribution in [0.3, 0.4) is 0 Å². The van der Waals surface area contributed by atoms with Crippen molar-refractivity contribution in [3.8, 4) is 17.1 Å². The van der Waals surface area contributed by atoms with Gasteiger partial charge in [0.25, 0.3) is 0 Å². The molecule has 2 aromatic rings. The Labute approximate surface area is 136 Å². The summed E-state index contributed by atoms with van der Waals surface area (Å²) in [6, 6.07) is 7.62. The minimum atomic E-state index is -0.00705. The Morgan fingerprint density at radius 1 is 1.39 bits per heavy atom. The fourth-order valence-electron chi connectivity index (χ4n) is 2.65. The number of aromatic nitrogens is 2. The molecule has 1 aromatic heterocycles. The number of nitrogens with zero attached hydrogens (tertiary/aromatic N) is 2. The van der Waals surface area contributed by atoms with Gasteiger partial charge in [0.15, 0.2) is 0 Å². The maximum atomic E-state index is 5.72. The van der Waals surface area contributed by atoms with E-state index in [1.165, 1.54) is 12.8 Å². The molecule has 2 heterocycles. The lowest BCUT2D eigenvalue weighted by Gasteiger charge is -2.23. The SMILES string of the molecule is COc1cccc(-c2noc(C(C)NCC3CCCCO3)n2)c1. The zero-order valence-electron chi connectivity index (χ0n) is 13.6. The number of nitrogens with one attached hydrogen (secondary N) is 1. The van der Waals surface area contributed by atoms with Crippen LogP contribution < -0.4 is 10.1 Å². The van der Waals surface area contributed by atoms with Crippen LogP contribution in [0.2, 0.25) is 0 Å². The van der Waals surface area contributed by atoms with Gasteiger partial charge < -0.3 is 19.3 Å². The highest BCUT2D eigenvalue weighted by atomic mass is 16.5. The lowest BCUT2D eigenvalue weighted by Crippen LogP contribution is -2.33. The maximum Gasteiger partial charge on any atom is 0.243 e. The molecule has 1 aliphatic heterocycles. The zero-order valence-corrected chi connectivity index (χ0v) is 13.6. The largest absolute Gasteiger partial charge is 0.497 e. The Balaban J connectivity index is 1.61. The maximum absolute atomic E-state index is 5.72. The summed E-state index contributed by atoms with van der Waals surface area (Å²) in [4.78, 5) is 4.48. The van der Waals surface area contributed by atoms with E-state index in [-0.39, 0.29) is 12.1 Å². The third kappa shape index (κ3) is 4.09. The van der Waals surface area contributed by atoms with Gasteiger partial charge in [-0.3, -0.25) is 0 Å². The van der Waals surface area contributed by atoms with Crippen LogP contribution in [-0.4, -0.2) is 36.5 Å². The van der Waals surface area contributed by atoms with E-state index in [0.29, 0.717) is 11.7 Å². The van der Waals surface area contributed by atoms with Gasteiger partial charge in [0.05, 0.1) is 19.3 Å². The smallest absolute Gasteiger partial charge is 0.243 e. The second-order valence-corrected chi connectivity index (χ2v) is 5.81. The molecule has 2 atom stereocenters. The summed E-state index contributed by atoms with van der Waals surface area (Å²) in [5, 5.41) is 7.47. The molecule has 0 saturated carbocycles. The first-order chi connectivity index (χ1) is 11.3. The molecule has 0 spiro atoms. The zero-order chi connectivity index (χ0) is 16.1. The van der Waals surface area contributed by atoms with Crippen LogP contribution in [0.5, 0.6) is 5.75 Å². The fraction of sp³-hybridized carbons (Fsp3) is 0.529. The van der Waals surface area contributed by atoms with Crippen LogP contribution in [0, 0.1) is 0 Å². The normalized spacial score (nSPS) is 19.5. The molecule has 3 rings (SSSR count). The third-order valence-electron chi connectivity index (χ3n) is 4.07. The van der Waals surface area contributed by atoms with Crippen LogP contribution in [0.1, 0.15) is 38.1 Å². The molecule has 1 N–H and O–H groups in total. The summed E-state index contributed by atoms with van der Waals surface area (Å²) in [6.45, 7) is 3.69. The molecular weight excluding hydrogens is 294 g/mol. The van der Waals surface area contributed by atoms with Crippen molar-refractivity contribution < 1.29 is 14.0 Å². The molecule has 1 aromatic carbocycles. The first-order valence-corrected chi connectivity index (χ1v) is 8.09. The van der Waals surface area contributed by atoms with Gasteiger partial charge in [-0.25, -0.2) is 0 Å². The Hall–Kier alpha value is -1.92. The standard InChI is InChI=1S/C17H23N3O3/c1-12(18-11-15-7-3-4-9-22-15)17-19-16(20-23-17)13-6-5-8-14(10-13)21-2/h5-6,8,10,12,15,18H,3-4,7,9,11H2,1-2H3. The van der Waals surface area contributed by atoms with E-state index >= 15 is 0 Å². The predicted molar refractivity (Wildman–Crippen MR) is 86.3 cm³/mol. The Kier molecular flexibility index (Phi) is 5.25. The number of rotatable bonds is 6. The van der Waals surface area contributed by atoms with E-state index in [1.54, 1.807) is 7.11 Å². The Bertz CT molecular complexity index is 623. The highest BCUT2D eigenvalue weighted by molar-refractivity contribution is 5.56. The summed E-state index contributed by atoms with van der Waals surface area (Å²) < 4.78 is 16.3. The average Bonchev–Trinajstić information content (AvgIpc) is 3.11. The number of benzene rings is 1. The lowest BCUT2D eigenvalue weighted by molar-refractivity contribution is 0.0151. The fourth-order valence-corrected chi connectivity index (χ4v) is 2.65. The van der Waals surface area contributed by atoms with Crippen molar-refractivity contribution in [1.82, 2.24) is 15.5 Å². The van der Waals surface area contributed by atoms with Crippen LogP contribution in [0.4, 0.5) is 0 Å². The van der Waals surface area contributed by atoms with Gasteiger partial charge in [-0.05, 0) is 38.3 Å². The number of hydrogen-bond donors (Lipinski definition) is 1. The van der Waals surface area contributed by atoms with Crippen LogP contribution in [0.25, 0.3) is 11.4 Å². The Morgan fingerprint density at radius 2 is 2.30 bits per heavy atom. The lowest BCUT2D eigenvalue weighted by atomic mass is 10.1. The molecule has 0 radical (unpaired) electrons. The molecule has 1 saturated heterocycles. The summed E-state index contributed by atoms with van der Waals surface area (Å²) in [5.41, 5.74) is 0.877. The van der Waals surface area contributed by atoms with Gasteiger partial charge in [0.1, 0.15) is 5.75 Å². The van der Waals surface area contributed by atoms with Crippen LogP contribution in [-0.2, 0) is 4.74 Å². The molecule has 1 aliphatic rings. The second-order valence-electron chi connectivity index (χ2n) is 5.81. The monoisotopic (exact) mass is 317 g/mol. The van der Waals surface area contributed by atoms with Crippen LogP contribution in [0.15, 0.2) is 28.8 Å². The van der Waals surface area contributed by atoms with E-state index < -0.39 is 0 Å². The minimum Gasteiger partial charge on any atom is -0.497 e. The van der Waals surface area contributed by atoms with E-state index in [0.717, 1.165) is 30.9 Å². The van der Waals surface area contributed by atoms with Gasteiger partial charge in [0.2, 0.25) is 11.7 Å². The van der Waals surface area contributed by atoms with Crippen LogP contribution >= 0.6 is 0 Å². The van der Waals surface area contributed by atoms with E-state index in [1.807, 2.05) is 31.2 Å². The molecule has 2 unspecified atom stereocenters. The van der Waals surface area contributed by atoms with Crippen molar-refractivity contribution in [2.75, 3.05) is 20.3 Å². The summed E-state index contributed by atoms with van der Waals surface area (Å²) in [7, 11) is 1.64. The molecule has 1 fully saturated rings. The van der Waals surface area contributed by atoms with Gasteiger partial charge in [0, 0.05) is 18.7 Å². The van der Waals surface area contributed by atoms with Crippen molar-refractivity contribution >= 4 is 0 Å². The van der Waals surface area contributed by atoms with Gasteiger partial charge in [-0.2, -0.15) is 4.98 Å². The summed E-state index contributed by atoms with van der Waals surface area (Å²) >= 11 is 0. The van der Waals surface area contributed by atoms with Gasteiger partial charge in [-0.15, -0.1) is 0 Å². The number of hydrogen-bond acceptors (Lipinski definition) is 6. The molecule has 23 heavy (non-hydrogen) atoms. The van der Waals surface area contributed by atoms with Gasteiger partial charge >= 0.3 is 0 Å². The Morgan fingerprint density at radius 3 is 3.09 bits per heavy atom. The first kappa shape index (κ1) is 16.0. The molecule has 6 heteroatoms. The highest BCUT2D eigenvalue weighted by Crippen LogP contribution is 2.23. The van der Waals surface area contributed by atoms with Crippen molar-refractivity contribution in [2.45, 2.75) is 38.3 Å². The summed E-state index contributed by atoms with van der Waals surface area (Å²) in [6.07, 6.45) is 3.80. The van der Waals surface area contributed by atoms with Crippen molar-refractivity contribution in [1.29, 1.82) is 0 Å². The van der Waals surface area contributed by atoms with E-state index in [4.69, 9.17) is 14.0 Å². The molecule has 0 aliphatic carbocycles. The topological polar surface area (TPSA) is 69.4 Å². The average molecular weight is 317 g/mol. The van der Waals surface area contributed by atoms with E-state index in [9.17, 15) is 0 Å².